The third-order valence-corrected chi connectivity index (χ3v) is 5.40. The first kappa shape index (κ1) is 23.2. The Kier molecular flexibility index (Phi) is 6.44. The van der Waals surface area contributed by atoms with Gasteiger partial charge in [-0.2, -0.15) is 0 Å². The number of pyridine rings is 1. The SMILES string of the molecule is COc1cc2ncc(-c3cc(NS(=O)O)cc(OC(F)(F)F)c3)n2cc1SC(C)(C)C. The summed E-state index contributed by atoms with van der Waals surface area (Å²) >= 11 is -0.915. The van der Waals surface area contributed by atoms with Gasteiger partial charge in [-0.25, -0.2) is 9.19 Å². The molecule has 2 N–H and O–H groups in total. The van der Waals surface area contributed by atoms with E-state index < -0.39 is 23.4 Å². The lowest BCUT2D eigenvalue weighted by atomic mass is 10.1. The summed E-state index contributed by atoms with van der Waals surface area (Å²) in [5, 5.41) is 0. The van der Waals surface area contributed by atoms with E-state index in [-0.39, 0.29) is 10.4 Å². The Balaban J connectivity index is 2.16. The molecule has 0 saturated carbocycles. The molecule has 1 atom stereocenters. The Morgan fingerprint density at radius 2 is 1.90 bits per heavy atom. The van der Waals surface area contributed by atoms with Crippen LogP contribution in [0.2, 0.25) is 0 Å². The number of benzene rings is 1. The number of methoxy groups -OCH3 is 1. The van der Waals surface area contributed by atoms with Crippen molar-refractivity contribution in [3.63, 3.8) is 0 Å². The molecule has 3 rings (SSSR count). The lowest BCUT2D eigenvalue weighted by Gasteiger charge is -2.20. The van der Waals surface area contributed by atoms with Gasteiger partial charge in [0.25, 0.3) is 11.3 Å². The van der Waals surface area contributed by atoms with E-state index in [4.69, 9.17) is 9.29 Å². The normalized spacial score (nSPS) is 13.3. The maximum atomic E-state index is 12.8. The third kappa shape index (κ3) is 6.05. The molecule has 0 spiro atoms. The highest BCUT2D eigenvalue weighted by atomic mass is 32.2. The Labute approximate surface area is 183 Å². The fraction of sp³-hybridized carbons (Fsp3) is 0.316. The molecule has 31 heavy (non-hydrogen) atoms. The van der Waals surface area contributed by atoms with Crippen LogP contribution < -0.4 is 14.2 Å². The van der Waals surface area contributed by atoms with Crippen LogP contribution in [0, 0.1) is 0 Å². The monoisotopic (exact) mass is 475 g/mol. The van der Waals surface area contributed by atoms with E-state index in [1.165, 1.54) is 18.3 Å². The van der Waals surface area contributed by atoms with Crippen molar-refractivity contribution in [1.82, 2.24) is 9.38 Å². The summed E-state index contributed by atoms with van der Waals surface area (Å²) in [6, 6.07) is 5.33. The van der Waals surface area contributed by atoms with E-state index in [9.17, 15) is 17.4 Å². The molecule has 12 heteroatoms. The first-order valence-electron chi connectivity index (χ1n) is 8.87. The molecule has 0 aliphatic carbocycles. The largest absolute Gasteiger partial charge is 0.573 e. The number of anilines is 1. The van der Waals surface area contributed by atoms with Crippen LogP contribution in [-0.4, -0.2) is 36.4 Å². The van der Waals surface area contributed by atoms with Crippen molar-refractivity contribution < 1.29 is 31.4 Å². The predicted octanol–water partition coefficient (Wildman–Crippen LogP) is 5.35. The summed E-state index contributed by atoms with van der Waals surface area (Å²) in [6.45, 7) is 6.13. The van der Waals surface area contributed by atoms with Crippen LogP contribution in [0.5, 0.6) is 11.5 Å². The average molecular weight is 476 g/mol. The highest BCUT2D eigenvalue weighted by molar-refractivity contribution is 8.00. The number of imidazole rings is 1. The molecule has 7 nitrogen and oxygen atoms in total. The van der Waals surface area contributed by atoms with Crippen molar-refractivity contribution in [1.29, 1.82) is 0 Å². The molecule has 168 valence electrons. The van der Waals surface area contributed by atoms with Gasteiger partial charge in [0, 0.05) is 28.6 Å². The van der Waals surface area contributed by atoms with Gasteiger partial charge >= 0.3 is 6.36 Å². The number of hydrogen-bond acceptors (Lipinski definition) is 5. The standard InChI is InChI=1S/C19H20F3N3O4S2/c1-18(2,3)30-16-10-25-14(9-23-17(25)8-15(16)28-4)11-5-12(24-31(26)27)7-13(6-11)29-19(20,21)22/h5-10,24H,1-4H3,(H,26,27). The minimum Gasteiger partial charge on any atom is -0.495 e. The van der Waals surface area contributed by atoms with E-state index in [0.29, 0.717) is 22.7 Å². The average Bonchev–Trinajstić information content (AvgIpc) is 3.00. The van der Waals surface area contributed by atoms with Gasteiger partial charge in [0.15, 0.2) is 0 Å². The fourth-order valence-corrected chi connectivity index (χ4v) is 4.25. The minimum absolute atomic E-state index is 0.0228. The number of ether oxygens (including phenoxy) is 2. The molecule has 0 bridgehead atoms. The van der Waals surface area contributed by atoms with Crippen molar-refractivity contribution in [2.75, 3.05) is 11.8 Å². The summed E-state index contributed by atoms with van der Waals surface area (Å²) in [4.78, 5) is 5.14. The summed E-state index contributed by atoms with van der Waals surface area (Å²) in [5.41, 5.74) is 1.27. The second kappa shape index (κ2) is 8.60. The third-order valence-electron chi connectivity index (χ3n) is 3.85. The number of hydrogen-bond donors (Lipinski definition) is 2. The lowest BCUT2D eigenvalue weighted by molar-refractivity contribution is -0.274. The number of rotatable bonds is 6. The summed E-state index contributed by atoms with van der Waals surface area (Å²) < 4.78 is 71.8. The van der Waals surface area contributed by atoms with Crippen LogP contribution >= 0.6 is 11.8 Å². The number of alkyl halides is 3. The number of nitrogens with zero attached hydrogens (tertiary/aromatic N) is 2. The maximum absolute atomic E-state index is 12.8. The van der Waals surface area contributed by atoms with Gasteiger partial charge in [-0.1, -0.05) is 20.8 Å². The molecule has 3 aromatic rings. The highest BCUT2D eigenvalue weighted by Crippen LogP contribution is 2.40. The molecule has 0 saturated heterocycles. The molecule has 2 aromatic heterocycles. The number of nitrogens with one attached hydrogen (secondary N) is 1. The zero-order valence-corrected chi connectivity index (χ0v) is 18.6. The summed E-state index contributed by atoms with van der Waals surface area (Å²) in [7, 11) is 1.55. The maximum Gasteiger partial charge on any atom is 0.573 e. The summed E-state index contributed by atoms with van der Waals surface area (Å²) in [6.07, 6.45) is -1.63. The van der Waals surface area contributed by atoms with E-state index >= 15 is 0 Å². The lowest BCUT2D eigenvalue weighted by Crippen LogP contribution is -2.17. The predicted molar refractivity (Wildman–Crippen MR) is 114 cm³/mol. The Bertz CT molecular complexity index is 1130. The van der Waals surface area contributed by atoms with Gasteiger partial charge in [-0.15, -0.1) is 24.9 Å². The van der Waals surface area contributed by atoms with Crippen molar-refractivity contribution in [2.45, 2.75) is 36.8 Å². The molecule has 1 aromatic carbocycles. The summed E-state index contributed by atoms with van der Waals surface area (Å²) in [5.74, 6) is 0.0856. The van der Waals surface area contributed by atoms with Crippen molar-refractivity contribution >= 4 is 34.4 Å². The molecule has 0 fully saturated rings. The zero-order chi connectivity index (χ0) is 23.0. The van der Waals surface area contributed by atoms with Gasteiger partial charge in [0.2, 0.25) is 0 Å². The number of halogens is 3. The molecule has 0 aliphatic rings. The van der Waals surface area contributed by atoms with E-state index in [0.717, 1.165) is 11.0 Å². The fourth-order valence-electron chi connectivity index (χ4n) is 2.87. The van der Waals surface area contributed by atoms with Gasteiger partial charge in [-0.05, 0) is 12.1 Å². The Morgan fingerprint density at radius 3 is 2.48 bits per heavy atom. The Hall–Kier alpha value is -2.44. The number of thioether (sulfide) groups is 1. The van der Waals surface area contributed by atoms with Crippen molar-refractivity contribution in [3.8, 4) is 22.8 Å². The molecular weight excluding hydrogens is 455 g/mol. The van der Waals surface area contributed by atoms with Crippen molar-refractivity contribution in [2.24, 2.45) is 0 Å². The number of fused-ring (bicyclic) bond motifs is 1. The van der Waals surface area contributed by atoms with E-state index in [2.05, 4.69) is 14.4 Å². The molecule has 0 amide bonds. The van der Waals surface area contributed by atoms with Crippen LogP contribution in [-0.2, 0) is 11.3 Å². The molecule has 0 radical (unpaired) electrons. The van der Waals surface area contributed by atoms with Crippen LogP contribution in [0.1, 0.15) is 20.8 Å². The smallest absolute Gasteiger partial charge is 0.495 e. The molecule has 0 aliphatic heterocycles. The second-order valence-electron chi connectivity index (χ2n) is 7.44. The van der Waals surface area contributed by atoms with Crippen LogP contribution in [0.4, 0.5) is 18.9 Å². The number of aromatic nitrogens is 2. The minimum atomic E-state index is -4.92. The second-order valence-corrected chi connectivity index (χ2v) is 10.0. The first-order chi connectivity index (χ1) is 14.3. The highest BCUT2D eigenvalue weighted by Gasteiger charge is 2.31. The molecular formula is C19H20F3N3O4S2. The van der Waals surface area contributed by atoms with Gasteiger partial charge < -0.3 is 9.47 Å². The molecule has 1 unspecified atom stereocenters. The van der Waals surface area contributed by atoms with E-state index in [1.807, 2.05) is 20.8 Å². The van der Waals surface area contributed by atoms with Gasteiger partial charge in [-0.3, -0.25) is 13.7 Å². The van der Waals surface area contributed by atoms with Crippen LogP contribution in [0.25, 0.3) is 16.9 Å². The Morgan fingerprint density at radius 1 is 1.19 bits per heavy atom. The quantitative estimate of drug-likeness (QED) is 0.369. The topological polar surface area (TPSA) is 85.1 Å². The van der Waals surface area contributed by atoms with Gasteiger partial charge in [0.05, 0.1) is 29.6 Å². The van der Waals surface area contributed by atoms with Crippen LogP contribution in [0.3, 0.4) is 0 Å². The zero-order valence-electron chi connectivity index (χ0n) is 17.0. The van der Waals surface area contributed by atoms with Gasteiger partial charge in [0.1, 0.15) is 17.1 Å². The van der Waals surface area contributed by atoms with E-state index in [1.54, 1.807) is 35.5 Å². The molecule has 2 heterocycles. The first-order valence-corrected chi connectivity index (χ1v) is 10.8. The van der Waals surface area contributed by atoms with Crippen LogP contribution in [0.15, 0.2) is 41.6 Å². The van der Waals surface area contributed by atoms with Crippen molar-refractivity contribution in [3.05, 3.63) is 36.7 Å².